The number of hydrogen-bond donors (Lipinski definition) is 3. The number of rotatable bonds is 11. The Labute approximate surface area is 298 Å². The Kier molecular flexibility index (Phi) is 14.1. The third-order valence-corrected chi connectivity index (χ3v) is 8.16. The highest BCUT2D eigenvalue weighted by Gasteiger charge is 2.32. The number of carbonyl (C=O) groups excluding carboxylic acids is 2. The SMILES string of the molecule is CC(C)(O)O.CCc1cn([C@H]2CC[C@@H](CN(CCCN(CCc3ccccc3)C(=O)OC(C)(C)C)C(=O)OC(C)(C)C)C2)c2ncnc(N)c12. The molecule has 0 radical (unpaired) electrons. The second-order valence-electron chi connectivity index (χ2n) is 15.7. The molecule has 0 aliphatic heterocycles. The van der Waals surface area contributed by atoms with Gasteiger partial charge in [-0.05, 0) is 111 Å². The van der Waals surface area contributed by atoms with Crippen LogP contribution < -0.4 is 5.73 Å². The van der Waals surface area contributed by atoms with Gasteiger partial charge < -0.3 is 39.8 Å². The van der Waals surface area contributed by atoms with E-state index in [0.717, 1.165) is 54.3 Å². The van der Waals surface area contributed by atoms with Crippen molar-refractivity contribution in [2.24, 2.45) is 5.92 Å². The van der Waals surface area contributed by atoms with Gasteiger partial charge in [0.2, 0.25) is 0 Å². The molecule has 1 aromatic carbocycles. The average molecular weight is 697 g/mol. The van der Waals surface area contributed by atoms with Crippen molar-refractivity contribution in [1.82, 2.24) is 24.3 Å². The molecule has 2 amide bonds. The molecule has 1 saturated carbocycles. The van der Waals surface area contributed by atoms with E-state index in [1.807, 2.05) is 64.6 Å². The standard InChI is InChI=1S/C35H52N6O4.C3H8O2/c1-8-27-23-41(31-29(27)30(36)37-24-38-31)28-16-15-26(21-28)22-40(33(43)45-35(5,6)7)19-12-18-39(32(42)44-34(2,3)4)20-17-25-13-10-9-11-14-25;1-3(2,4)5/h9-11,13-14,23-24,26,28H,8,12,15-22H2,1-7H3,(H2,36,37,38);4-5H,1-2H3/t26-,28+;/m1./s1. The Balaban J connectivity index is 0.00000126. The Hall–Kier alpha value is -3.90. The quantitative estimate of drug-likeness (QED) is 0.185. The zero-order valence-electron chi connectivity index (χ0n) is 31.6. The number of anilines is 1. The van der Waals surface area contributed by atoms with Gasteiger partial charge in [0, 0.05) is 38.4 Å². The van der Waals surface area contributed by atoms with E-state index in [1.54, 1.807) is 4.90 Å². The Morgan fingerprint density at radius 1 is 0.900 bits per heavy atom. The first-order chi connectivity index (χ1) is 23.2. The summed E-state index contributed by atoms with van der Waals surface area (Å²) in [5, 5.41) is 17.1. The summed E-state index contributed by atoms with van der Waals surface area (Å²) in [6.07, 6.45) is 8.16. The first-order valence-corrected chi connectivity index (χ1v) is 17.8. The highest BCUT2D eigenvalue weighted by Crippen LogP contribution is 2.38. The molecule has 0 bridgehead atoms. The van der Waals surface area contributed by atoms with Gasteiger partial charge in [-0.1, -0.05) is 37.3 Å². The van der Waals surface area contributed by atoms with Crippen molar-refractivity contribution < 1.29 is 29.3 Å². The second kappa shape index (κ2) is 17.4. The Morgan fingerprint density at radius 2 is 1.48 bits per heavy atom. The predicted octanol–water partition coefficient (Wildman–Crippen LogP) is 6.73. The fourth-order valence-corrected chi connectivity index (χ4v) is 6.08. The summed E-state index contributed by atoms with van der Waals surface area (Å²) in [4.78, 5) is 39.0. The van der Waals surface area contributed by atoms with Gasteiger partial charge in [-0.25, -0.2) is 19.6 Å². The van der Waals surface area contributed by atoms with Crippen molar-refractivity contribution in [3.8, 4) is 0 Å². The molecule has 50 heavy (non-hydrogen) atoms. The molecular weight excluding hydrogens is 636 g/mol. The summed E-state index contributed by atoms with van der Waals surface area (Å²) >= 11 is 0. The minimum absolute atomic E-state index is 0.272. The number of aromatic nitrogens is 3. The minimum Gasteiger partial charge on any atom is -0.444 e. The minimum atomic E-state index is -1.50. The van der Waals surface area contributed by atoms with Gasteiger partial charge in [-0.2, -0.15) is 0 Å². The zero-order valence-corrected chi connectivity index (χ0v) is 31.6. The third kappa shape index (κ3) is 13.4. The number of carbonyl (C=O) groups is 2. The molecule has 278 valence electrons. The zero-order chi connectivity index (χ0) is 37.3. The Bertz CT molecular complexity index is 1520. The molecule has 0 saturated heterocycles. The number of ether oxygens (including phenoxy) is 2. The van der Waals surface area contributed by atoms with Gasteiger partial charge in [0.25, 0.3) is 0 Å². The largest absolute Gasteiger partial charge is 0.444 e. The van der Waals surface area contributed by atoms with Gasteiger partial charge in [0.05, 0.1) is 5.39 Å². The molecule has 3 aromatic rings. The van der Waals surface area contributed by atoms with E-state index in [4.69, 9.17) is 25.4 Å². The lowest BCUT2D eigenvalue weighted by Gasteiger charge is -2.31. The van der Waals surface area contributed by atoms with Gasteiger partial charge in [-0.3, -0.25) is 0 Å². The van der Waals surface area contributed by atoms with Crippen LogP contribution >= 0.6 is 0 Å². The number of hydrogen-bond acceptors (Lipinski definition) is 9. The van der Waals surface area contributed by atoms with Crippen LogP contribution in [0.3, 0.4) is 0 Å². The normalized spacial score (nSPS) is 16.5. The van der Waals surface area contributed by atoms with Gasteiger partial charge >= 0.3 is 12.2 Å². The van der Waals surface area contributed by atoms with Crippen LogP contribution in [0, 0.1) is 5.92 Å². The topological polar surface area (TPSA) is 156 Å². The molecule has 4 N–H and O–H groups in total. The van der Waals surface area contributed by atoms with Gasteiger partial charge in [0.1, 0.15) is 29.0 Å². The fraction of sp³-hybridized carbons (Fsp3) is 0.632. The number of aliphatic hydroxyl groups is 2. The van der Waals surface area contributed by atoms with E-state index in [9.17, 15) is 9.59 Å². The van der Waals surface area contributed by atoms with E-state index in [2.05, 4.69) is 39.8 Å². The molecule has 0 spiro atoms. The molecule has 12 heteroatoms. The van der Waals surface area contributed by atoms with Gasteiger partial charge in [0.15, 0.2) is 5.79 Å². The lowest BCUT2D eigenvalue weighted by molar-refractivity contribution is -0.127. The summed E-state index contributed by atoms with van der Waals surface area (Å²) in [6.45, 7) is 18.1. The summed E-state index contributed by atoms with van der Waals surface area (Å²) in [5.74, 6) is -0.672. The predicted molar refractivity (Wildman–Crippen MR) is 197 cm³/mol. The van der Waals surface area contributed by atoms with E-state index < -0.39 is 17.0 Å². The molecule has 2 aromatic heterocycles. The first kappa shape index (κ1) is 40.5. The molecule has 12 nitrogen and oxygen atoms in total. The van der Waals surface area contributed by atoms with E-state index in [-0.39, 0.29) is 18.2 Å². The number of aryl methyl sites for hydroxylation is 1. The van der Waals surface area contributed by atoms with Crippen LogP contribution in [0.25, 0.3) is 11.0 Å². The van der Waals surface area contributed by atoms with Crippen LogP contribution in [0.4, 0.5) is 15.4 Å². The van der Waals surface area contributed by atoms with Crippen molar-refractivity contribution in [3.05, 3.63) is 54.0 Å². The maximum absolute atomic E-state index is 13.4. The molecule has 4 rings (SSSR count). The van der Waals surface area contributed by atoms with E-state index in [0.29, 0.717) is 44.3 Å². The lowest BCUT2D eigenvalue weighted by atomic mass is 10.1. The molecule has 2 heterocycles. The van der Waals surface area contributed by atoms with Gasteiger partial charge in [-0.15, -0.1) is 0 Å². The van der Waals surface area contributed by atoms with E-state index in [1.165, 1.54) is 20.2 Å². The summed E-state index contributed by atoms with van der Waals surface area (Å²) < 4.78 is 13.8. The van der Waals surface area contributed by atoms with Crippen LogP contribution in [-0.4, -0.2) is 89.9 Å². The monoisotopic (exact) mass is 696 g/mol. The highest BCUT2D eigenvalue weighted by atomic mass is 16.6. The van der Waals surface area contributed by atoms with Crippen molar-refractivity contribution in [3.63, 3.8) is 0 Å². The van der Waals surface area contributed by atoms with Crippen molar-refractivity contribution in [1.29, 1.82) is 0 Å². The summed E-state index contributed by atoms with van der Waals surface area (Å²) in [5.41, 5.74) is 8.23. The number of nitrogens with zero attached hydrogens (tertiary/aromatic N) is 5. The highest BCUT2D eigenvalue weighted by molar-refractivity contribution is 5.89. The number of amides is 2. The maximum atomic E-state index is 13.4. The number of nitrogen functional groups attached to an aromatic ring is 1. The van der Waals surface area contributed by atoms with Crippen molar-refractivity contribution >= 4 is 29.0 Å². The van der Waals surface area contributed by atoms with Crippen molar-refractivity contribution in [2.75, 3.05) is 31.9 Å². The molecular formula is C38H60N6O6. The van der Waals surface area contributed by atoms with Crippen molar-refractivity contribution in [2.45, 2.75) is 124 Å². The molecule has 0 unspecified atom stereocenters. The smallest absolute Gasteiger partial charge is 0.410 e. The lowest BCUT2D eigenvalue weighted by Crippen LogP contribution is -2.42. The third-order valence-electron chi connectivity index (χ3n) is 8.16. The number of benzene rings is 1. The van der Waals surface area contributed by atoms with E-state index >= 15 is 0 Å². The van der Waals surface area contributed by atoms with Crippen LogP contribution in [0.5, 0.6) is 0 Å². The fourth-order valence-electron chi connectivity index (χ4n) is 6.08. The van der Waals surface area contributed by atoms with Crippen LogP contribution in [0.2, 0.25) is 0 Å². The second-order valence-corrected chi connectivity index (χ2v) is 15.7. The summed E-state index contributed by atoms with van der Waals surface area (Å²) in [6, 6.07) is 10.4. The molecule has 1 aliphatic rings. The first-order valence-electron chi connectivity index (χ1n) is 17.8. The summed E-state index contributed by atoms with van der Waals surface area (Å²) in [7, 11) is 0. The maximum Gasteiger partial charge on any atom is 0.410 e. The molecule has 1 fully saturated rings. The number of nitrogens with two attached hydrogens (primary N) is 1. The van der Waals surface area contributed by atoms with Crippen LogP contribution in [0.15, 0.2) is 42.9 Å². The Morgan fingerprint density at radius 3 is 2.06 bits per heavy atom. The molecule has 2 atom stereocenters. The molecule has 1 aliphatic carbocycles. The number of fused-ring (bicyclic) bond motifs is 1. The van der Waals surface area contributed by atoms with Crippen LogP contribution in [0.1, 0.15) is 105 Å². The average Bonchev–Trinajstić information content (AvgIpc) is 3.61. The van der Waals surface area contributed by atoms with Crippen LogP contribution in [-0.2, 0) is 22.3 Å².